The first kappa shape index (κ1) is 13.0. The second kappa shape index (κ2) is 5.97. The molecule has 0 radical (unpaired) electrons. The van der Waals surface area contributed by atoms with Gasteiger partial charge in [0.05, 0.1) is 12.1 Å². The van der Waals surface area contributed by atoms with E-state index in [0.717, 1.165) is 18.1 Å². The van der Waals surface area contributed by atoms with E-state index in [9.17, 15) is 4.79 Å². The Labute approximate surface area is 114 Å². The molecule has 0 amide bonds. The molecule has 2 heterocycles. The topological polar surface area (TPSA) is 53.4 Å². The van der Waals surface area contributed by atoms with E-state index in [2.05, 4.69) is 21.3 Å². The number of likely N-dealkylation sites (N-methyl/N-ethyl adjacent to an activating group) is 1. The van der Waals surface area contributed by atoms with E-state index in [1.807, 2.05) is 18.5 Å². The third-order valence-electron chi connectivity index (χ3n) is 2.47. The number of aliphatic carboxylic acids is 1. The Kier molecular flexibility index (Phi) is 4.33. The molecular weight excluding hydrogens is 268 g/mol. The summed E-state index contributed by atoms with van der Waals surface area (Å²) in [7, 11) is 1.98. The minimum absolute atomic E-state index is 0.00470. The molecule has 0 aliphatic rings. The molecule has 0 saturated heterocycles. The molecule has 0 aromatic carbocycles. The standard InChI is InChI=1S/C12H14N2O2S2/c1-14(5-4-10-3-2-6-17-10)12-13-9(8-18-12)7-11(15)16/h2-3,6,8H,4-5,7H2,1H3,(H,15,16). The van der Waals surface area contributed by atoms with Crippen LogP contribution in [0.3, 0.4) is 0 Å². The Morgan fingerprint density at radius 1 is 1.50 bits per heavy atom. The molecule has 2 aromatic heterocycles. The van der Waals surface area contributed by atoms with Crippen LogP contribution < -0.4 is 4.90 Å². The van der Waals surface area contributed by atoms with Crippen molar-refractivity contribution in [3.05, 3.63) is 33.5 Å². The van der Waals surface area contributed by atoms with Gasteiger partial charge in [0.2, 0.25) is 0 Å². The highest BCUT2D eigenvalue weighted by Gasteiger charge is 2.09. The Balaban J connectivity index is 1.90. The normalized spacial score (nSPS) is 10.5. The SMILES string of the molecule is CN(CCc1cccs1)c1nc(CC(=O)O)cs1. The van der Waals surface area contributed by atoms with Crippen LogP contribution in [0, 0.1) is 0 Å². The van der Waals surface area contributed by atoms with Crippen LogP contribution in [0.25, 0.3) is 0 Å². The van der Waals surface area contributed by atoms with Crippen molar-refractivity contribution in [3.63, 3.8) is 0 Å². The molecule has 2 aromatic rings. The van der Waals surface area contributed by atoms with E-state index in [1.54, 1.807) is 11.3 Å². The summed E-state index contributed by atoms with van der Waals surface area (Å²) in [4.78, 5) is 18.3. The summed E-state index contributed by atoms with van der Waals surface area (Å²) in [5.74, 6) is -0.840. The fourth-order valence-electron chi connectivity index (χ4n) is 1.54. The van der Waals surface area contributed by atoms with Crippen molar-refractivity contribution in [1.29, 1.82) is 0 Å². The van der Waals surface area contributed by atoms with Crippen molar-refractivity contribution in [2.45, 2.75) is 12.8 Å². The molecule has 0 bridgehead atoms. The predicted octanol–water partition coefficient (Wildman–Crippen LogP) is 2.51. The zero-order chi connectivity index (χ0) is 13.0. The number of carboxylic acids is 1. The number of anilines is 1. The molecular formula is C12H14N2O2S2. The number of hydrogen-bond donors (Lipinski definition) is 1. The van der Waals surface area contributed by atoms with Gasteiger partial charge in [0.25, 0.3) is 0 Å². The first-order valence-electron chi connectivity index (χ1n) is 5.55. The summed E-state index contributed by atoms with van der Waals surface area (Å²) < 4.78 is 0. The van der Waals surface area contributed by atoms with Crippen molar-refractivity contribution in [3.8, 4) is 0 Å². The van der Waals surface area contributed by atoms with Crippen molar-refractivity contribution in [1.82, 2.24) is 4.98 Å². The number of nitrogens with zero attached hydrogens (tertiary/aromatic N) is 2. The molecule has 0 unspecified atom stereocenters. The van der Waals surface area contributed by atoms with Gasteiger partial charge < -0.3 is 10.0 Å². The summed E-state index contributed by atoms with van der Waals surface area (Å²) >= 11 is 3.24. The van der Waals surface area contributed by atoms with E-state index in [1.165, 1.54) is 16.2 Å². The fourth-order valence-corrected chi connectivity index (χ4v) is 3.05. The molecule has 2 rings (SSSR count). The Bertz CT molecular complexity index is 508. The molecule has 0 aliphatic heterocycles. The van der Waals surface area contributed by atoms with E-state index in [0.29, 0.717) is 5.69 Å². The van der Waals surface area contributed by atoms with Gasteiger partial charge in [-0.1, -0.05) is 6.07 Å². The molecule has 0 spiro atoms. The van der Waals surface area contributed by atoms with Gasteiger partial charge in [-0.2, -0.15) is 0 Å². The monoisotopic (exact) mass is 282 g/mol. The molecule has 0 aliphatic carbocycles. The zero-order valence-electron chi connectivity index (χ0n) is 10.00. The van der Waals surface area contributed by atoms with Crippen molar-refractivity contribution >= 4 is 33.8 Å². The van der Waals surface area contributed by atoms with Gasteiger partial charge in [0.1, 0.15) is 0 Å². The average Bonchev–Trinajstić information content (AvgIpc) is 2.95. The van der Waals surface area contributed by atoms with Crippen LogP contribution in [0.2, 0.25) is 0 Å². The Morgan fingerprint density at radius 2 is 2.33 bits per heavy atom. The number of hydrogen-bond acceptors (Lipinski definition) is 5. The lowest BCUT2D eigenvalue weighted by molar-refractivity contribution is -0.136. The van der Waals surface area contributed by atoms with Gasteiger partial charge in [0, 0.05) is 23.8 Å². The lowest BCUT2D eigenvalue weighted by atomic mass is 10.3. The second-order valence-electron chi connectivity index (χ2n) is 3.94. The van der Waals surface area contributed by atoms with E-state index >= 15 is 0 Å². The molecule has 6 heteroatoms. The van der Waals surface area contributed by atoms with Crippen LogP contribution in [0.15, 0.2) is 22.9 Å². The molecule has 1 N–H and O–H groups in total. The van der Waals surface area contributed by atoms with Gasteiger partial charge in [-0.15, -0.1) is 22.7 Å². The molecule has 96 valence electrons. The number of carbonyl (C=O) groups is 1. The largest absolute Gasteiger partial charge is 0.481 e. The van der Waals surface area contributed by atoms with Crippen LogP contribution in [0.1, 0.15) is 10.6 Å². The van der Waals surface area contributed by atoms with Gasteiger partial charge in [-0.05, 0) is 17.9 Å². The first-order chi connectivity index (χ1) is 8.65. The number of carboxylic acid groups (broad SMARTS) is 1. The third kappa shape index (κ3) is 3.54. The minimum Gasteiger partial charge on any atom is -0.481 e. The highest BCUT2D eigenvalue weighted by atomic mass is 32.1. The summed E-state index contributed by atoms with van der Waals surface area (Å²) in [6.07, 6.45) is 0.983. The summed E-state index contributed by atoms with van der Waals surface area (Å²) in [5, 5.41) is 13.5. The van der Waals surface area contributed by atoms with Crippen LogP contribution in [0.4, 0.5) is 5.13 Å². The van der Waals surface area contributed by atoms with E-state index < -0.39 is 5.97 Å². The maximum absolute atomic E-state index is 10.6. The van der Waals surface area contributed by atoms with Crippen LogP contribution in [0.5, 0.6) is 0 Å². The highest BCUT2D eigenvalue weighted by Crippen LogP contribution is 2.20. The molecule has 18 heavy (non-hydrogen) atoms. The van der Waals surface area contributed by atoms with Gasteiger partial charge in [-0.25, -0.2) is 4.98 Å². The minimum atomic E-state index is -0.840. The average molecular weight is 282 g/mol. The predicted molar refractivity (Wildman–Crippen MR) is 74.7 cm³/mol. The molecule has 0 saturated carbocycles. The summed E-state index contributed by atoms with van der Waals surface area (Å²) in [6, 6.07) is 4.17. The van der Waals surface area contributed by atoms with Crippen molar-refractivity contribution in [2.75, 3.05) is 18.5 Å². The van der Waals surface area contributed by atoms with E-state index in [-0.39, 0.29) is 6.42 Å². The molecule has 0 fully saturated rings. The molecule has 0 atom stereocenters. The van der Waals surface area contributed by atoms with Crippen molar-refractivity contribution in [2.24, 2.45) is 0 Å². The number of rotatable bonds is 6. The first-order valence-corrected chi connectivity index (χ1v) is 7.31. The third-order valence-corrected chi connectivity index (χ3v) is 4.41. The van der Waals surface area contributed by atoms with Gasteiger partial charge in [-0.3, -0.25) is 4.79 Å². The smallest absolute Gasteiger partial charge is 0.309 e. The fraction of sp³-hybridized carbons (Fsp3) is 0.333. The van der Waals surface area contributed by atoms with E-state index in [4.69, 9.17) is 5.11 Å². The maximum atomic E-state index is 10.6. The number of thiophene rings is 1. The summed E-state index contributed by atoms with van der Waals surface area (Å²) in [6.45, 7) is 0.889. The van der Waals surface area contributed by atoms with Gasteiger partial charge in [0.15, 0.2) is 5.13 Å². The van der Waals surface area contributed by atoms with Crippen LogP contribution >= 0.6 is 22.7 Å². The second-order valence-corrected chi connectivity index (χ2v) is 5.81. The summed E-state index contributed by atoms with van der Waals surface area (Å²) in [5.41, 5.74) is 0.630. The number of aromatic nitrogens is 1. The van der Waals surface area contributed by atoms with Crippen molar-refractivity contribution < 1.29 is 9.90 Å². The van der Waals surface area contributed by atoms with Gasteiger partial charge >= 0.3 is 5.97 Å². The quantitative estimate of drug-likeness (QED) is 0.884. The Morgan fingerprint density at radius 3 is 3.00 bits per heavy atom. The Hall–Kier alpha value is -1.40. The maximum Gasteiger partial charge on any atom is 0.309 e. The molecule has 4 nitrogen and oxygen atoms in total. The van der Waals surface area contributed by atoms with Crippen LogP contribution in [-0.2, 0) is 17.6 Å². The zero-order valence-corrected chi connectivity index (χ0v) is 11.6. The highest BCUT2D eigenvalue weighted by molar-refractivity contribution is 7.13. The lowest BCUT2D eigenvalue weighted by Crippen LogP contribution is -2.19. The lowest BCUT2D eigenvalue weighted by Gasteiger charge is -2.14. The van der Waals surface area contributed by atoms with Crippen LogP contribution in [-0.4, -0.2) is 29.7 Å². The number of thiazole rings is 1.